The molecule has 0 aromatic heterocycles. The van der Waals surface area contributed by atoms with E-state index in [1.54, 1.807) is 24.3 Å². The van der Waals surface area contributed by atoms with Crippen LogP contribution in [0.4, 0.5) is 8.78 Å². The lowest BCUT2D eigenvalue weighted by molar-refractivity contribution is -0.205. The van der Waals surface area contributed by atoms with Crippen LogP contribution in [-0.4, -0.2) is 6.11 Å². The lowest BCUT2D eigenvalue weighted by Crippen LogP contribution is -2.13. The number of halogens is 3. The van der Waals surface area contributed by atoms with Gasteiger partial charge < -0.3 is 4.74 Å². The van der Waals surface area contributed by atoms with Crippen LogP contribution in [-0.2, 0) is 4.74 Å². The third-order valence-corrected chi connectivity index (χ3v) is 2.16. The minimum absolute atomic E-state index is 0.509. The van der Waals surface area contributed by atoms with Crippen molar-refractivity contribution in [2.45, 2.75) is 12.2 Å². The molecule has 1 nitrogen and oxygen atoms in total. The first-order chi connectivity index (χ1) is 6.57. The molecular formula is C10H7ClF2O. The molecule has 0 saturated carbocycles. The number of alkyl halides is 2. The van der Waals surface area contributed by atoms with E-state index >= 15 is 0 Å². The van der Waals surface area contributed by atoms with E-state index < -0.39 is 12.2 Å². The number of ether oxygens (including phenoxy) is 1. The maximum atomic E-state index is 12.6. The van der Waals surface area contributed by atoms with Gasteiger partial charge in [0.15, 0.2) is 0 Å². The number of hydrogen-bond donors (Lipinski definition) is 0. The number of hydrogen-bond acceptors (Lipinski definition) is 1. The highest BCUT2D eigenvalue weighted by molar-refractivity contribution is 6.30. The first-order valence-corrected chi connectivity index (χ1v) is 4.45. The molecule has 1 aliphatic rings. The fourth-order valence-electron chi connectivity index (χ4n) is 1.31. The summed E-state index contributed by atoms with van der Waals surface area (Å²) >= 11 is 5.73. The lowest BCUT2D eigenvalue weighted by Gasteiger charge is -2.13. The van der Waals surface area contributed by atoms with Crippen molar-refractivity contribution in [2.24, 2.45) is 0 Å². The van der Waals surface area contributed by atoms with E-state index in [0.717, 1.165) is 6.08 Å². The van der Waals surface area contributed by atoms with Crippen LogP contribution in [0.5, 0.6) is 0 Å². The summed E-state index contributed by atoms with van der Waals surface area (Å²) in [6, 6.07) is 6.69. The molecule has 1 aromatic rings. The van der Waals surface area contributed by atoms with Crippen LogP contribution in [0.1, 0.15) is 11.7 Å². The third kappa shape index (κ3) is 1.94. The van der Waals surface area contributed by atoms with Crippen molar-refractivity contribution in [3.8, 4) is 0 Å². The fourth-order valence-corrected chi connectivity index (χ4v) is 1.51. The van der Waals surface area contributed by atoms with E-state index in [1.165, 1.54) is 6.08 Å². The van der Waals surface area contributed by atoms with Gasteiger partial charge >= 0.3 is 6.11 Å². The zero-order valence-electron chi connectivity index (χ0n) is 7.08. The molecule has 1 atom stereocenters. The maximum absolute atomic E-state index is 12.6. The van der Waals surface area contributed by atoms with Gasteiger partial charge in [-0.2, -0.15) is 8.78 Å². The van der Waals surface area contributed by atoms with Crippen molar-refractivity contribution in [1.29, 1.82) is 0 Å². The van der Waals surface area contributed by atoms with Gasteiger partial charge in [-0.15, -0.1) is 0 Å². The number of benzene rings is 1. The van der Waals surface area contributed by atoms with Crippen LogP contribution >= 0.6 is 11.6 Å². The highest BCUT2D eigenvalue weighted by Gasteiger charge is 2.35. The predicted octanol–water partition coefficient (Wildman–Crippen LogP) is 3.56. The standard InChI is InChI=1S/C10H7ClF2O/c11-8-3-1-2-7(6-8)9-4-5-10(12,13)14-9/h1-6,9H. The van der Waals surface area contributed by atoms with Crippen LogP contribution in [0, 0.1) is 0 Å². The van der Waals surface area contributed by atoms with Gasteiger partial charge in [0.05, 0.1) is 0 Å². The molecule has 1 aliphatic heterocycles. The van der Waals surface area contributed by atoms with E-state index in [2.05, 4.69) is 4.74 Å². The summed E-state index contributed by atoms with van der Waals surface area (Å²) in [5, 5.41) is 0.509. The molecule has 0 amide bonds. The molecule has 0 N–H and O–H groups in total. The molecule has 0 radical (unpaired) electrons. The zero-order valence-corrected chi connectivity index (χ0v) is 7.84. The molecule has 0 spiro atoms. The molecule has 0 fully saturated rings. The first-order valence-electron chi connectivity index (χ1n) is 4.07. The highest BCUT2D eigenvalue weighted by Crippen LogP contribution is 2.35. The Balaban J connectivity index is 2.23. The summed E-state index contributed by atoms with van der Waals surface area (Å²) in [6.07, 6.45) is -1.79. The lowest BCUT2D eigenvalue weighted by atomic mass is 10.1. The van der Waals surface area contributed by atoms with Crippen molar-refractivity contribution in [1.82, 2.24) is 0 Å². The topological polar surface area (TPSA) is 9.23 Å². The smallest absolute Gasteiger partial charge is 0.305 e. The van der Waals surface area contributed by atoms with Gasteiger partial charge in [0.25, 0.3) is 0 Å². The van der Waals surface area contributed by atoms with Crippen molar-refractivity contribution in [3.63, 3.8) is 0 Å². The van der Waals surface area contributed by atoms with Crippen LogP contribution in [0.2, 0.25) is 5.02 Å². The van der Waals surface area contributed by atoms with Crippen LogP contribution in [0.3, 0.4) is 0 Å². The highest BCUT2D eigenvalue weighted by atomic mass is 35.5. The Hall–Kier alpha value is -0.930. The van der Waals surface area contributed by atoms with E-state index in [4.69, 9.17) is 11.6 Å². The molecule has 2 rings (SSSR count). The van der Waals surface area contributed by atoms with Gasteiger partial charge in [0, 0.05) is 11.1 Å². The fraction of sp³-hybridized carbons (Fsp3) is 0.200. The van der Waals surface area contributed by atoms with Gasteiger partial charge in [-0.3, -0.25) is 0 Å². The molecule has 1 aromatic carbocycles. The van der Waals surface area contributed by atoms with E-state index in [1.807, 2.05) is 0 Å². The molecule has 1 heterocycles. The minimum Gasteiger partial charge on any atom is -0.305 e. The average molecular weight is 217 g/mol. The Morgan fingerprint density at radius 3 is 2.71 bits per heavy atom. The third-order valence-electron chi connectivity index (χ3n) is 1.93. The summed E-state index contributed by atoms with van der Waals surface area (Å²) in [5.74, 6) is 0. The normalized spacial score (nSPS) is 24.1. The summed E-state index contributed by atoms with van der Waals surface area (Å²) in [4.78, 5) is 0. The molecule has 0 bridgehead atoms. The minimum atomic E-state index is -3.16. The molecule has 74 valence electrons. The molecule has 0 saturated heterocycles. The van der Waals surface area contributed by atoms with Crippen LogP contribution in [0.15, 0.2) is 36.4 Å². The Labute approximate surface area is 84.9 Å². The predicted molar refractivity (Wildman–Crippen MR) is 49.4 cm³/mol. The summed E-state index contributed by atoms with van der Waals surface area (Å²) in [7, 11) is 0. The van der Waals surface area contributed by atoms with Gasteiger partial charge in [0.1, 0.15) is 6.10 Å². The first kappa shape index (κ1) is 9.62. The molecule has 0 aliphatic carbocycles. The maximum Gasteiger partial charge on any atom is 0.377 e. The molecular weight excluding hydrogens is 210 g/mol. The van der Waals surface area contributed by atoms with Crippen molar-refractivity contribution in [3.05, 3.63) is 47.0 Å². The Kier molecular flexibility index (Phi) is 2.29. The molecule has 4 heteroatoms. The van der Waals surface area contributed by atoms with E-state index in [0.29, 0.717) is 10.6 Å². The Morgan fingerprint density at radius 1 is 1.36 bits per heavy atom. The second-order valence-electron chi connectivity index (χ2n) is 3.01. The van der Waals surface area contributed by atoms with E-state index in [-0.39, 0.29) is 0 Å². The van der Waals surface area contributed by atoms with Gasteiger partial charge in [-0.05, 0) is 23.8 Å². The average Bonchev–Trinajstić information content (AvgIpc) is 2.46. The van der Waals surface area contributed by atoms with Crippen molar-refractivity contribution < 1.29 is 13.5 Å². The summed E-state index contributed by atoms with van der Waals surface area (Å²) in [6.45, 7) is 0. The summed E-state index contributed by atoms with van der Waals surface area (Å²) < 4.78 is 29.8. The zero-order chi connectivity index (χ0) is 10.2. The second kappa shape index (κ2) is 3.33. The SMILES string of the molecule is FC1(F)C=CC(c2cccc(Cl)c2)O1. The quantitative estimate of drug-likeness (QED) is 0.653. The second-order valence-corrected chi connectivity index (χ2v) is 3.45. The van der Waals surface area contributed by atoms with Gasteiger partial charge in [0.2, 0.25) is 0 Å². The largest absolute Gasteiger partial charge is 0.377 e. The van der Waals surface area contributed by atoms with Crippen LogP contribution < -0.4 is 0 Å². The number of rotatable bonds is 1. The van der Waals surface area contributed by atoms with Crippen LogP contribution in [0.25, 0.3) is 0 Å². The van der Waals surface area contributed by atoms with Crippen molar-refractivity contribution >= 4 is 11.6 Å². The van der Waals surface area contributed by atoms with Crippen molar-refractivity contribution in [2.75, 3.05) is 0 Å². The molecule has 1 unspecified atom stereocenters. The molecule has 14 heavy (non-hydrogen) atoms. The Morgan fingerprint density at radius 2 is 2.14 bits per heavy atom. The van der Waals surface area contributed by atoms with Gasteiger partial charge in [-0.1, -0.05) is 23.7 Å². The van der Waals surface area contributed by atoms with Gasteiger partial charge in [-0.25, -0.2) is 0 Å². The Bertz CT molecular complexity index is 376. The summed E-state index contributed by atoms with van der Waals surface area (Å²) in [5.41, 5.74) is 0.630. The monoisotopic (exact) mass is 216 g/mol. The van der Waals surface area contributed by atoms with E-state index in [9.17, 15) is 8.78 Å².